The molecule has 0 aliphatic carbocycles. The molecule has 1 saturated heterocycles. The number of ether oxygens (including phenoxy) is 1. The molecule has 1 fully saturated rings. The van der Waals surface area contributed by atoms with Crippen molar-refractivity contribution >= 4 is 5.97 Å². The topological polar surface area (TPSA) is 90.1 Å². The molecule has 2 rings (SSSR count). The van der Waals surface area contributed by atoms with E-state index in [4.69, 9.17) is 4.74 Å². The molecule has 7 heteroatoms. The smallest absolute Gasteiger partial charge is 0.308 e. The Morgan fingerprint density at radius 2 is 2.29 bits per heavy atom. The van der Waals surface area contributed by atoms with Crippen LogP contribution in [0.1, 0.15) is 45.9 Å². The Hall–Kier alpha value is -1.50. The second-order valence-corrected chi connectivity index (χ2v) is 6.92. The number of carbonyl (C=O) groups is 1. The highest BCUT2D eigenvalue weighted by molar-refractivity contribution is 5.69. The number of carboxylic acids is 1. The summed E-state index contributed by atoms with van der Waals surface area (Å²) >= 11 is 0. The molecule has 1 aromatic heterocycles. The molecule has 1 aromatic rings. The summed E-state index contributed by atoms with van der Waals surface area (Å²) in [5, 5.41) is 21.1. The predicted octanol–water partition coefficient (Wildman–Crippen LogP) is 1.53. The quantitative estimate of drug-likeness (QED) is 0.856. The average Bonchev–Trinajstić information content (AvgIpc) is 3.00. The van der Waals surface area contributed by atoms with Crippen LogP contribution in [0, 0.1) is 11.3 Å². The third kappa shape index (κ3) is 4.77. The van der Waals surface area contributed by atoms with Gasteiger partial charge in [-0.15, -0.1) is 5.10 Å². The van der Waals surface area contributed by atoms with Crippen molar-refractivity contribution < 1.29 is 14.6 Å². The minimum absolute atomic E-state index is 0.0498. The van der Waals surface area contributed by atoms with Gasteiger partial charge >= 0.3 is 5.97 Å². The monoisotopic (exact) mass is 296 g/mol. The molecule has 1 N–H and O–H groups in total. The molecule has 21 heavy (non-hydrogen) atoms. The first kappa shape index (κ1) is 15.9. The van der Waals surface area contributed by atoms with Crippen LogP contribution < -0.4 is 0 Å². The average molecular weight is 296 g/mol. The van der Waals surface area contributed by atoms with Crippen molar-refractivity contribution in [3.63, 3.8) is 0 Å². The fourth-order valence-electron chi connectivity index (χ4n) is 2.70. The van der Waals surface area contributed by atoms with Crippen molar-refractivity contribution in [1.29, 1.82) is 0 Å². The molecular weight excluding hydrogens is 272 g/mol. The summed E-state index contributed by atoms with van der Waals surface area (Å²) in [6.45, 7) is 7.21. The summed E-state index contributed by atoms with van der Waals surface area (Å²) in [5.41, 5.74) is -0.0498. The van der Waals surface area contributed by atoms with Crippen molar-refractivity contribution in [2.45, 2.75) is 59.1 Å². The summed E-state index contributed by atoms with van der Waals surface area (Å²) in [5.74, 6) is -0.581. The molecule has 7 nitrogen and oxygen atoms in total. The van der Waals surface area contributed by atoms with Gasteiger partial charge in [-0.25, -0.2) is 4.68 Å². The number of hydrogen-bond donors (Lipinski definition) is 1. The van der Waals surface area contributed by atoms with Gasteiger partial charge in [0.2, 0.25) is 0 Å². The van der Waals surface area contributed by atoms with E-state index in [9.17, 15) is 9.90 Å². The molecule has 0 radical (unpaired) electrons. The van der Waals surface area contributed by atoms with Gasteiger partial charge in [0.15, 0.2) is 5.82 Å². The van der Waals surface area contributed by atoms with Crippen LogP contribution in [-0.2, 0) is 22.5 Å². The number of rotatable bonds is 6. The Balaban J connectivity index is 2.03. The molecule has 118 valence electrons. The van der Waals surface area contributed by atoms with Gasteiger partial charge in [-0.05, 0) is 35.1 Å². The van der Waals surface area contributed by atoms with Gasteiger partial charge in [0, 0.05) is 13.0 Å². The van der Waals surface area contributed by atoms with Gasteiger partial charge in [0.25, 0.3) is 0 Å². The SMILES string of the molecule is CC(C)(C)CC(Cn1nnnc1CC1CCCO1)C(=O)O. The number of nitrogens with zero attached hydrogens (tertiary/aromatic N) is 4. The van der Waals surface area contributed by atoms with Gasteiger partial charge in [-0.1, -0.05) is 20.8 Å². The van der Waals surface area contributed by atoms with Gasteiger partial charge in [0.05, 0.1) is 18.6 Å². The molecule has 0 saturated carbocycles. The maximum absolute atomic E-state index is 11.5. The van der Waals surface area contributed by atoms with E-state index in [1.54, 1.807) is 4.68 Å². The number of tetrazole rings is 1. The lowest BCUT2D eigenvalue weighted by atomic mass is 9.84. The summed E-state index contributed by atoms with van der Waals surface area (Å²) in [4.78, 5) is 11.5. The molecular formula is C14H24N4O3. The number of hydrogen-bond acceptors (Lipinski definition) is 5. The molecule has 2 atom stereocenters. The zero-order valence-electron chi connectivity index (χ0n) is 12.9. The summed E-state index contributed by atoms with van der Waals surface area (Å²) in [6.07, 6.45) is 3.46. The summed E-state index contributed by atoms with van der Waals surface area (Å²) < 4.78 is 7.21. The Morgan fingerprint density at radius 1 is 1.52 bits per heavy atom. The van der Waals surface area contributed by atoms with Crippen LogP contribution in [0.15, 0.2) is 0 Å². The first-order valence-corrected chi connectivity index (χ1v) is 7.44. The van der Waals surface area contributed by atoms with Crippen LogP contribution in [-0.4, -0.2) is 44.0 Å². The molecule has 0 spiro atoms. The highest BCUT2D eigenvalue weighted by Gasteiger charge is 2.27. The Morgan fingerprint density at radius 3 is 2.86 bits per heavy atom. The Bertz CT molecular complexity index is 475. The van der Waals surface area contributed by atoms with Crippen molar-refractivity contribution in [2.75, 3.05) is 6.61 Å². The van der Waals surface area contributed by atoms with Crippen molar-refractivity contribution in [1.82, 2.24) is 20.2 Å². The maximum atomic E-state index is 11.5. The standard InChI is InChI=1S/C14H24N4O3/c1-14(2,3)8-10(13(19)20)9-18-12(15-16-17-18)7-11-5-4-6-21-11/h10-11H,4-9H2,1-3H3,(H,19,20). The van der Waals surface area contributed by atoms with Gasteiger partial charge < -0.3 is 9.84 Å². The van der Waals surface area contributed by atoms with Crippen LogP contribution in [0.5, 0.6) is 0 Å². The maximum Gasteiger partial charge on any atom is 0.308 e. The number of aliphatic carboxylic acids is 1. The van der Waals surface area contributed by atoms with E-state index < -0.39 is 11.9 Å². The third-order valence-electron chi connectivity index (χ3n) is 3.64. The largest absolute Gasteiger partial charge is 0.481 e. The molecule has 1 aliphatic rings. The van der Waals surface area contributed by atoms with Crippen molar-refractivity contribution in [2.24, 2.45) is 11.3 Å². The Labute approximate surface area is 124 Å². The zero-order chi connectivity index (χ0) is 15.5. The first-order valence-electron chi connectivity index (χ1n) is 7.44. The van der Waals surface area contributed by atoms with Gasteiger partial charge in [-0.3, -0.25) is 4.79 Å². The van der Waals surface area contributed by atoms with Crippen molar-refractivity contribution in [3.8, 4) is 0 Å². The lowest BCUT2D eigenvalue weighted by Crippen LogP contribution is -2.27. The van der Waals surface area contributed by atoms with Crippen LogP contribution in [0.3, 0.4) is 0 Å². The molecule has 0 aromatic carbocycles. The molecule has 1 aliphatic heterocycles. The minimum Gasteiger partial charge on any atom is -0.481 e. The van der Waals surface area contributed by atoms with Gasteiger partial charge in [-0.2, -0.15) is 0 Å². The predicted molar refractivity (Wildman–Crippen MR) is 75.7 cm³/mol. The van der Waals surface area contributed by atoms with E-state index in [-0.39, 0.29) is 11.5 Å². The lowest BCUT2D eigenvalue weighted by Gasteiger charge is -2.23. The van der Waals surface area contributed by atoms with E-state index >= 15 is 0 Å². The summed E-state index contributed by atoms with van der Waals surface area (Å²) in [7, 11) is 0. The fourth-order valence-corrected chi connectivity index (χ4v) is 2.70. The van der Waals surface area contributed by atoms with Crippen molar-refractivity contribution in [3.05, 3.63) is 5.82 Å². The second kappa shape index (κ2) is 6.51. The molecule has 0 amide bonds. The van der Waals surface area contributed by atoms with E-state index in [2.05, 4.69) is 15.5 Å². The van der Waals surface area contributed by atoms with E-state index in [0.717, 1.165) is 19.4 Å². The molecule has 0 bridgehead atoms. The van der Waals surface area contributed by atoms with E-state index in [1.807, 2.05) is 20.8 Å². The minimum atomic E-state index is -0.802. The van der Waals surface area contributed by atoms with E-state index in [0.29, 0.717) is 25.2 Å². The number of carboxylic acid groups (broad SMARTS) is 1. The zero-order valence-corrected chi connectivity index (χ0v) is 12.9. The third-order valence-corrected chi connectivity index (χ3v) is 3.64. The van der Waals surface area contributed by atoms with Crippen LogP contribution in [0.2, 0.25) is 0 Å². The Kier molecular flexibility index (Phi) is 4.92. The highest BCUT2D eigenvalue weighted by Crippen LogP contribution is 2.26. The lowest BCUT2D eigenvalue weighted by molar-refractivity contribution is -0.143. The number of aromatic nitrogens is 4. The highest BCUT2D eigenvalue weighted by atomic mass is 16.5. The van der Waals surface area contributed by atoms with Crippen LogP contribution in [0.25, 0.3) is 0 Å². The molecule has 2 heterocycles. The van der Waals surface area contributed by atoms with Crippen LogP contribution >= 0.6 is 0 Å². The second-order valence-electron chi connectivity index (χ2n) is 6.92. The van der Waals surface area contributed by atoms with Crippen LogP contribution in [0.4, 0.5) is 0 Å². The first-order chi connectivity index (χ1) is 9.85. The fraction of sp³-hybridized carbons (Fsp3) is 0.857. The molecule has 2 unspecified atom stereocenters. The normalized spacial score (nSPS) is 20.6. The summed E-state index contributed by atoms with van der Waals surface area (Å²) in [6, 6.07) is 0. The van der Waals surface area contributed by atoms with Gasteiger partial charge in [0.1, 0.15) is 0 Å². The van der Waals surface area contributed by atoms with E-state index in [1.165, 1.54) is 0 Å².